The monoisotopic (exact) mass is 421 g/mol. The maximum Gasteiger partial charge on any atom is 0.422 e. The van der Waals surface area contributed by atoms with E-state index in [2.05, 4.69) is 5.32 Å². The van der Waals surface area contributed by atoms with Crippen LogP contribution in [0.5, 0.6) is 0 Å². The number of aromatic nitrogens is 1. The van der Waals surface area contributed by atoms with Gasteiger partial charge in [0.2, 0.25) is 0 Å². The van der Waals surface area contributed by atoms with Crippen LogP contribution in [0.25, 0.3) is 10.9 Å². The van der Waals surface area contributed by atoms with Crippen LogP contribution in [0, 0.1) is 10.1 Å². The molecule has 0 bridgehead atoms. The van der Waals surface area contributed by atoms with Crippen molar-refractivity contribution >= 4 is 16.6 Å². The molecule has 0 aliphatic rings. The van der Waals surface area contributed by atoms with Crippen LogP contribution in [0.3, 0.4) is 0 Å². The number of rotatable bonds is 8. The minimum atomic E-state index is -4.94. The Morgan fingerprint density at radius 1 is 1.17 bits per heavy atom. The summed E-state index contributed by atoms with van der Waals surface area (Å²) in [6.45, 7) is 1.61. The van der Waals surface area contributed by atoms with Crippen LogP contribution in [0.4, 0.5) is 18.9 Å². The van der Waals surface area contributed by atoms with Gasteiger partial charge in [-0.1, -0.05) is 37.3 Å². The van der Waals surface area contributed by atoms with Crippen molar-refractivity contribution < 1.29 is 23.2 Å². The molecular weight excluding hydrogens is 399 g/mol. The summed E-state index contributed by atoms with van der Waals surface area (Å²) in [6.07, 6.45) is -3.10. The maximum atomic E-state index is 14.0. The highest BCUT2D eigenvalue weighted by Crippen LogP contribution is 2.43. The van der Waals surface area contributed by atoms with Gasteiger partial charge in [-0.2, -0.15) is 13.2 Å². The van der Waals surface area contributed by atoms with E-state index in [0.29, 0.717) is 13.0 Å². The summed E-state index contributed by atoms with van der Waals surface area (Å²) < 4.78 is 43.4. The molecule has 1 atom stereocenters. The summed E-state index contributed by atoms with van der Waals surface area (Å²) in [5, 5.41) is 24.7. The lowest BCUT2D eigenvalue weighted by Crippen LogP contribution is -2.50. The van der Waals surface area contributed by atoms with Crippen LogP contribution in [0.15, 0.2) is 54.7 Å². The van der Waals surface area contributed by atoms with E-state index < -0.39 is 23.2 Å². The van der Waals surface area contributed by atoms with Gasteiger partial charge >= 0.3 is 6.18 Å². The topological polar surface area (TPSA) is 80.3 Å². The Kier molecular flexibility index (Phi) is 6.14. The van der Waals surface area contributed by atoms with Gasteiger partial charge in [0.1, 0.15) is 0 Å². The van der Waals surface area contributed by atoms with Gasteiger partial charge < -0.3 is 15.0 Å². The Labute approximate surface area is 171 Å². The number of non-ortho nitro benzene ring substituents is 1. The van der Waals surface area contributed by atoms with Crippen LogP contribution >= 0.6 is 0 Å². The summed E-state index contributed by atoms with van der Waals surface area (Å²) in [5.41, 5.74) is -2.65. The van der Waals surface area contributed by atoms with Gasteiger partial charge in [-0.05, 0) is 24.6 Å². The molecule has 6 nitrogen and oxygen atoms in total. The summed E-state index contributed by atoms with van der Waals surface area (Å²) in [7, 11) is 0. The van der Waals surface area contributed by atoms with Gasteiger partial charge in [0.25, 0.3) is 5.69 Å². The van der Waals surface area contributed by atoms with Crippen molar-refractivity contribution in [2.24, 2.45) is 0 Å². The predicted octanol–water partition coefficient (Wildman–Crippen LogP) is 4.35. The summed E-state index contributed by atoms with van der Waals surface area (Å²) in [5.74, 6) is 0. The Balaban J connectivity index is 2.19. The van der Waals surface area contributed by atoms with Crippen LogP contribution < -0.4 is 5.32 Å². The third kappa shape index (κ3) is 4.17. The Morgan fingerprint density at radius 3 is 2.47 bits per heavy atom. The summed E-state index contributed by atoms with van der Waals surface area (Å²) >= 11 is 0. The molecule has 9 heteroatoms. The zero-order valence-electron chi connectivity index (χ0n) is 16.3. The second-order valence-electron chi connectivity index (χ2n) is 7.15. The number of fused-ring (bicyclic) bond motifs is 1. The molecule has 1 unspecified atom stereocenters. The molecule has 3 aromatic rings. The Hall–Kier alpha value is -2.91. The largest absolute Gasteiger partial charge is 0.422 e. The summed E-state index contributed by atoms with van der Waals surface area (Å²) in [6, 6.07) is 12.7. The maximum absolute atomic E-state index is 14.0. The molecule has 0 amide bonds. The van der Waals surface area contributed by atoms with Crippen molar-refractivity contribution in [2.45, 2.75) is 31.7 Å². The highest BCUT2D eigenvalue weighted by Gasteiger charge is 2.56. The number of alkyl halides is 3. The molecule has 0 aliphatic heterocycles. The molecule has 2 N–H and O–H groups in total. The molecule has 0 spiro atoms. The van der Waals surface area contributed by atoms with Gasteiger partial charge in [0.15, 0.2) is 5.60 Å². The number of hydrogen-bond donors (Lipinski definition) is 2. The predicted molar refractivity (Wildman–Crippen MR) is 107 cm³/mol. The fraction of sp³-hybridized carbons (Fsp3) is 0.333. The number of nitro benzene ring substituents is 1. The van der Waals surface area contributed by atoms with Crippen molar-refractivity contribution in [1.29, 1.82) is 0 Å². The van der Waals surface area contributed by atoms with Crippen molar-refractivity contribution in [2.75, 3.05) is 13.1 Å². The fourth-order valence-corrected chi connectivity index (χ4v) is 3.43. The van der Waals surface area contributed by atoms with Crippen molar-refractivity contribution in [1.82, 2.24) is 9.88 Å². The first-order valence-electron chi connectivity index (χ1n) is 9.49. The van der Waals surface area contributed by atoms with E-state index in [1.165, 1.54) is 22.9 Å². The zero-order chi connectivity index (χ0) is 21.9. The molecule has 2 aromatic carbocycles. The molecule has 1 heterocycles. The highest BCUT2D eigenvalue weighted by atomic mass is 19.4. The normalized spacial score (nSPS) is 14.0. The smallest absolute Gasteiger partial charge is 0.375 e. The Bertz CT molecular complexity index is 1030. The second-order valence-corrected chi connectivity index (χ2v) is 7.15. The van der Waals surface area contributed by atoms with Gasteiger partial charge in [-0.15, -0.1) is 0 Å². The van der Waals surface area contributed by atoms with Crippen molar-refractivity contribution in [3.05, 3.63) is 76.0 Å². The number of nitrogens with one attached hydrogen (secondary N) is 1. The lowest BCUT2D eigenvalue weighted by Gasteiger charge is -2.30. The molecule has 0 fully saturated rings. The van der Waals surface area contributed by atoms with Gasteiger partial charge in [-0.25, -0.2) is 0 Å². The summed E-state index contributed by atoms with van der Waals surface area (Å²) in [4.78, 5) is 10.6. The van der Waals surface area contributed by atoms with Crippen molar-refractivity contribution in [3.63, 3.8) is 0 Å². The molecule has 3 rings (SSSR count). The molecule has 0 radical (unpaired) electrons. The third-order valence-electron chi connectivity index (χ3n) is 4.99. The van der Waals surface area contributed by atoms with E-state index in [1.807, 2.05) is 25.1 Å². The van der Waals surface area contributed by atoms with Crippen LogP contribution in [-0.4, -0.2) is 33.9 Å². The first-order chi connectivity index (χ1) is 14.2. The molecular formula is C21H22F3N3O3. The lowest BCUT2D eigenvalue weighted by atomic mass is 9.92. The average molecular weight is 421 g/mol. The van der Waals surface area contributed by atoms with E-state index in [4.69, 9.17) is 0 Å². The second kappa shape index (κ2) is 8.45. The number of benzene rings is 2. The number of aliphatic hydroxyl groups is 1. The fourth-order valence-electron chi connectivity index (χ4n) is 3.43. The Morgan fingerprint density at radius 2 is 1.87 bits per heavy atom. The zero-order valence-corrected chi connectivity index (χ0v) is 16.3. The van der Waals surface area contributed by atoms with Crippen LogP contribution in [-0.2, 0) is 12.1 Å². The molecule has 0 saturated heterocycles. The van der Waals surface area contributed by atoms with E-state index in [-0.39, 0.29) is 28.7 Å². The van der Waals surface area contributed by atoms with Crippen molar-refractivity contribution in [3.8, 4) is 0 Å². The van der Waals surface area contributed by atoms with Gasteiger partial charge in [0.05, 0.1) is 10.4 Å². The number of hydrogen-bond acceptors (Lipinski definition) is 4. The minimum Gasteiger partial charge on any atom is -0.375 e. The number of nitrogens with zero attached hydrogens (tertiary/aromatic N) is 2. The van der Waals surface area contributed by atoms with E-state index in [9.17, 15) is 28.4 Å². The van der Waals surface area contributed by atoms with Gasteiger partial charge in [-0.3, -0.25) is 10.1 Å². The standard InChI is InChI=1S/C21H22F3N3O3/c1-2-10-25-14-20(28,21(22,23)24)18-13-26(12-15-6-4-3-5-7-15)19-11-16(27(29)30)8-9-17(18)19/h3-9,11,13,25,28H,2,10,12,14H2,1H3. The lowest BCUT2D eigenvalue weighted by molar-refractivity contribution is -0.384. The van der Waals surface area contributed by atoms with E-state index in [1.54, 1.807) is 12.1 Å². The minimum absolute atomic E-state index is 0.120. The SMILES string of the molecule is CCCNCC(O)(c1cn(Cc2ccccc2)c2cc([N+](=O)[O-])ccc12)C(F)(F)F. The molecule has 0 aliphatic carbocycles. The quantitative estimate of drug-likeness (QED) is 0.322. The molecule has 0 saturated carbocycles. The number of halogens is 3. The molecule has 1 aromatic heterocycles. The molecule has 30 heavy (non-hydrogen) atoms. The van der Waals surface area contributed by atoms with Crippen LogP contribution in [0.1, 0.15) is 24.5 Å². The van der Waals surface area contributed by atoms with E-state index >= 15 is 0 Å². The first-order valence-corrected chi connectivity index (χ1v) is 9.49. The first kappa shape index (κ1) is 21.8. The van der Waals surface area contributed by atoms with E-state index in [0.717, 1.165) is 11.6 Å². The van der Waals surface area contributed by atoms with Crippen LogP contribution in [0.2, 0.25) is 0 Å². The average Bonchev–Trinajstić information content (AvgIpc) is 3.06. The third-order valence-corrected chi connectivity index (χ3v) is 4.99. The number of nitro groups is 1. The molecule has 160 valence electrons. The van der Waals surface area contributed by atoms with Gasteiger partial charge in [0, 0.05) is 42.4 Å². The highest BCUT2D eigenvalue weighted by molar-refractivity contribution is 5.87.